The zero-order chi connectivity index (χ0) is 25.3. The van der Waals surface area contributed by atoms with E-state index in [1.165, 1.54) is 0 Å². The number of hydrogen-bond donors (Lipinski definition) is 3. The highest BCUT2D eigenvalue weighted by atomic mass is 28.4. The summed E-state index contributed by atoms with van der Waals surface area (Å²) in [5.41, 5.74) is 0.271. The topological polar surface area (TPSA) is 96.9 Å². The standard InChI is InChI=1S/C25H44N2O5Si/c1-9-13-20(16-25(5,6)33(7,8)30)21(27-23(29)32-24(2,3)4)17-26-22(28)31-18-19-14-11-10-12-15-19/h10-12,14-15,20-21,30H,9,13,16-18H2,1-8H3,(H,26,28)(H,27,29)/t20-,21+/m0/s1. The molecule has 2 amide bonds. The zero-order valence-corrected chi connectivity index (χ0v) is 22.7. The van der Waals surface area contributed by atoms with Gasteiger partial charge in [0.25, 0.3) is 0 Å². The molecule has 0 saturated heterocycles. The number of nitrogens with one attached hydrogen (secondary N) is 2. The lowest BCUT2D eigenvalue weighted by atomic mass is 9.86. The summed E-state index contributed by atoms with van der Waals surface area (Å²) < 4.78 is 10.8. The lowest BCUT2D eigenvalue weighted by Crippen LogP contribution is -2.51. The molecule has 0 fully saturated rings. The second-order valence-corrected chi connectivity index (χ2v) is 15.4. The third-order valence-electron chi connectivity index (χ3n) is 6.04. The van der Waals surface area contributed by atoms with Gasteiger partial charge in [-0.15, -0.1) is 0 Å². The van der Waals surface area contributed by atoms with Crippen molar-refractivity contribution in [1.82, 2.24) is 10.6 Å². The molecule has 8 heteroatoms. The Labute approximate surface area is 200 Å². The van der Waals surface area contributed by atoms with E-state index in [2.05, 4.69) is 31.4 Å². The summed E-state index contributed by atoms with van der Waals surface area (Å²) in [5.74, 6) is 0.0471. The van der Waals surface area contributed by atoms with Crippen LogP contribution in [0.3, 0.4) is 0 Å². The van der Waals surface area contributed by atoms with Crippen molar-refractivity contribution in [3.63, 3.8) is 0 Å². The molecule has 0 bridgehead atoms. The average molecular weight is 481 g/mol. The fraction of sp³-hybridized carbons (Fsp3) is 0.680. The summed E-state index contributed by atoms with van der Waals surface area (Å²) >= 11 is 0. The minimum Gasteiger partial charge on any atom is -0.445 e. The molecule has 0 aliphatic carbocycles. The number of carbonyl (C=O) groups excluding carboxylic acids is 2. The summed E-state index contributed by atoms with van der Waals surface area (Å²) in [6.45, 7) is 15.9. The third kappa shape index (κ3) is 11.1. The van der Waals surface area contributed by atoms with Crippen LogP contribution in [0.15, 0.2) is 30.3 Å². The van der Waals surface area contributed by atoms with Crippen LogP contribution in [0, 0.1) is 5.92 Å². The lowest BCUT2D eigenvalue weighted by Gasteiger charge is -2.40. The summed E-state index contributed by atoms with van der Waals surface area (Å²) in [7, 11) is -2.45. The van der Waals surface area contributed by atoms with Gasteiger partial charge in [0.1, 0.15) is 12.2 Å². The van der Waals surface area contributed by atoms with Gasteiger partial charge in [0.15, 0.2) is 8.32 Å². The Kier molecular flexibility index (Phi) is 10.9. The molecule has 0 aromatic heterocycles. The molecule has 0 heterocycles. The maximum absolute atomic E-state index is 12.6. The van der Waals surface area contributed by atoms with E-state index in [0.29, 0.717) is 0 Å². The second-order valence-electron chi connectivity index (χ2n) is 10.9. The molecule has 33 heavy (non-hydrogen) atoms. The van der Waals surface area contributed by atoms with E-state index in [0.717, 1.165) is 24.8 Å². The van der Waals surface area contributed by atoms with Crippen molar-refractivity contribution in [2.24, 2.45) is 5.92 Å². The van der Waals surface area contributed by atoms with E-state index in [-0.39, 0.29) is 30.1 Å². The number of amides is 2. The van der Waals surface area contributed by atoms with Crippen LogP contribution in [0.25, 0.3) is 0 Å². The van der Waals surface area contributed by atoms with E-state index in [1.807, 2.05) is 64.2 Å². The van der Waals surface area contributed by atoms with E-state index in [1.54, 1.807) is 0 Å². The van der Waals surface area contributed by atoms with E-state index in [4.69, 9.17) is 9.47 Å². The number of rotatable bonds is 11. The van der Waals surface area contributed by atoms with Crippen molar-refractivity contribution in [2.75, 3.05) is 6.54 Å². The first-order valence-corrected chi connectivity index (χ1v) is 14.8. The Hall–Kier alpha value is -2.06. The first kappa shape index (κ1) is 29.0. The number of ether oxygens (including phenoxy) is 2. The fourth-order valence-electron chi connectivity index (χ4n) is 3.48. The van der Waals surface area contributed by atoms with Gasteiger partial charge in [-0.1, -0.05) is 57.5 Å². The third-order valence-corrected chi connectivity index (χ3v) is 9.55. The molecule has 0 saturated carbocycles. The summed E-state index contributed by atoms with van der Waals surface area (Å²) in [5, 5.41) is 5.50. The molecule has 2 atom stereocenters. The predicted octanol–water partition coefficient (Wildman–Crippen LogP) is 5.59. The molecule has 1 aromatic carbocycles. The Bertz CT molecular complexity index is 741. The summed E-state index contributed by atoms with van der Waals surface area (Å²) in [6.07, 6.45) is 1.42. The number of alkyl carbamates (subject to hydrolysis) is 2. The molecule has 0 radical (unpaired) electrons. The number of benzene rings is 1. The van der Waals surface area contributed by atoms with Gasteiger partial charge in [-0.05, 0) is 63.2 Å². The second kappa shape index (κ2) is 12.4. The zero-order valence-electron chi connectivity index (χ0n) is 21.7. The van der Waals surface area contributed by atoms with Crippen LogP contribution < -0.4 is 10.6 Å². The first-order valence-electron chi connectivity index (χ1n) is 11.8. The van der Waals surface area contributed by atoms with Gasteiger partial charge in [-0.3, -0.25) is 0 Å². The van der Waals surface area contributed by atoms with Crippen LogP contribution >= 0.6 is 0 Å². The van der Waals surface area contributed by atoms with Crippen molar-refractivity contribution >= 4 is 20.5 Å². The Morgan fingerprint density at radius 2 is 1.67 bits per heavy atom. The molecule has 3 N–H and O–H groups in total. The Balaban J connectivity index is 2.92. The molecule has 0 spiro atoms. The maximum atomic E-state index is 12.6. The summed E-state index contributed by atoms with van der Waals surface area (Å²) in [4.78, 5) is 35.7. The number of carbonyl (C=O) groups is 2. The van der Waals surface area contributed by atoms with Gasteiger partial charge in [-0.25, -0.2) is 9.59 Å². The Morgan fingerprint density at radius 1 is 1.06 bits per heavy atom. The highest BCUT2D eigenvalue weighted by Gasteiger charge is 2.41. The van der Waals surface area contributed by atoms with E-state index >= 15 is 0 Å². The molecule has 7 nitrogen and oxygen atoms in total. The molecular weight excluding hydrogens is 436 g/mol. The van der Waals surface area contributed by atoms with Crippen LogP contribution in [0.1, 0.15) is 66.4 Å². The minimum absolute atomic E-state index is 0.0471. The molecule has 0 unspecified atom stereocenters. The molecule has 1 rings (SSSR count). The van der Waals surface area contributed by atoms with Crippen molar-refractivity contribution in [3.05, 3.63) is 35.9 Å². The van der Waals surface area contributed by atoms with Gasteiger partial charge in [0, 0.05) is 6.54 Å². The molecule has 0 aliphatic rings. The summed E-state index contributed by atoms with van der Waals surface area (Å²) in [6, 6.07) is 9.10. The monoisotopic (exact) mass is 480 g/mol. The van der Waals surface area contributed by atoms with Crippen molar-refractivity contribution in [1.29, 1.82) is 0 Å². The van der Waals surface area contributed by atoms with Crippen LogP contribution in [0.4, 0.5) is 9.59 Å². The molecular formula is C25H44N2O5Si. The maximum Gasteiger partial charge on any atom is 0.407 e. The molecule has 188 valence electrons. The normalized spacial score (nSPS) is 14.2. The molecule has 0 aliphatic heterocycles. The van der Waals surface area contributed by atoms with Crippen molar-refractivity contribution in [3.8, 4) is 0 Å². The SMILES string of the molecule is CCC[C@@H](CC(C)(C)[Si](C)(C)O)[C@@H](CNC(=O)OCc1ccccc1)NC(=O)OC(C)(C)C. The fourth-order valence-corrected chi connectivity index (χ4v) is 4.25. The van der Waals surface area contributed by atoms with Gasteiger partial charge in [0.2, 0.25) is 0 Å². The average Bonchev–Trinajstić information content (AvgIpc) is 2.67. The van der Waals surface area contributed by atoms with Crippen LogP contribution in [-0.4, -0.2) is 43.5 Å². The van der Waals surface area contributed by atoms with Crippen LogP contribution in [0.5, 0.6) is 0 Å². The highest BCUT2D eigenvalue weighted by molar-refractivity contribution is 6.72. The van der Waals surface area contributed by atoms with Crippen molar-refractivity contribution in [2.45, 2.75) is 97.2 Å². The van der Waals surface area contributed by atoms with Gasteiger partial charge >= 0.3 is 12.2 Å². The molecule has 1 aromatic rings. The van der Waals surface area contributed by atoms with Gasteiger partial charge in [-0.2, -0.15) is 0 Å². The minimum atomic E-state index is -2.45. The van der Waals surface area contributed by atoms with Crippen LogP contribution in [0.2, 0.25) is 18.1 Å². The smallest absolute Gasteiger partial charge is 0.407 e. The quantitative estimate of drug-likeness (QED) is 0.359. The van der Waals surface area contributed by atoms with Crippen LogP contribution in [-0.2, 0) is 16.1 Å². The van der Waals surface area contributed by atoms with Crippen molar-refractivity contribution < 1.29 is 23.9 Å². The Morgan fingerprint density at radius 3 is 2.18 bits per heavy atom. The highest BCUT2D eigenvalue weighted by Crippen LogP contribution is 2.43. The largest absolute Gasteiger partial charge is 0.445 e. The van der Waals surface area contributed by atoms with Gasteiger partial charge in [0.05, 0.1) is 6.04 Å². The lowest BCUT2D eigenvalue weighted by molar-refractivity contribution is 0.0475. The number of hydrogen-bond acceptors (Lipinski definition) is 5. The predicted molar refractivity (Wildman–Crippen MR) is 135 cm³/mol. The van der Waals surface area contributed by atoms with E-state index < -0.39 is 26.1 Å². The first-order chi connectivity index (χ1) is 15.1. The van der Waals surface area contributed by atoms with Gasteiger partial charge < -0.3 is 24.9 Å². The van der Waals surface area contributed by atoms with E-state index in [9.17, 15) is 14.4 Å².